The van der Waals surface area contributed by atoms with E-state index >= 15 is 0 Å². The van der Waals surface area contributed by atoms with Gasteiger partial charge in [0.1, 0.15) is 0 Å². The summed E-state index contributed by atoms with van der Waals surface area (Å²) in [5.74, 6) is -1.72. The summed E-state index contributed by atoms with van der Waals surface area (Å²) in [7, 11) is -9.01. The molecule has 0 aromatic heterocycles. The minimum absolute atomic E-state index is 0. The van der Waals surface area contributed by atoms with Crippen molar-refractivity contribution < 1.29 is 117 Å². The fraction of sp³-hybridized carbons (Fsp3) is 0.400. The Morgan fingerprint density at radius 1 is 0.684 bits per heavy atom. The summed E-state index contributed by atoms with van der Waals surface area (Å²) in [4.78, 5) is 0. The minimum Gasteiger partial charge on any atom is -0.748 e. The van der Waals surface area contributed by atoms with Crippen molar-refractivity contribution >= 4 is 31.6 Å². The van der Waals surface area contributed by atoms with Crippen molar-refractivity contribution in [1.82, 2.24) is 0 Å². The van der Waals surface area contributed by atoms with E-state index in [0.717, 1.165) is 22.3 Å². The van der Waals surface area contributed by atoms with Crippen LogP contribution in [-0.2, 0) is 20.2 Å². The van der Waals surface area contributed by atoms with E-state index in [1.165, 1.54) is 0 Å². The molecular weight excluding hydrogens is 570 g/mol. The van der Waals surface area contributed by atoms with E-state index in [0.29, 0.717) is 11.4 Å². The Morgan fingerprint density at radius 2 is 0.974 bits per heavy atom. The second-order valence-corrected chi connectivity index (χ2v) is 10.5. The molecule has 18 heteroatoms. The van der Waals surface area contributed by atoms with Crippen LogP contribution >= 0.6 is 0 Å². The average molecular weight is 605 g/mol. The number of nitrogens with one attached hydrogen (secondary N) is 2. The molecule has 0 aliphatic carbocycles. The van der Waals surface area contributed by atoms with Gasteiger partial charge < -0.3 is 51.9 Å². The first kappa shape index (κ1) is 47.4. The Labute approximate surface area is 266 Å². The summed E-state index contributed by atoms with van der Waals surface area (Å²) in [6.45, 7) is 3.52. The van der Waals surface area contributed by atoms with Crippen LogP contribution in [0, 0.1) is 13.8 Å². The predicted molar refractivity (Wildman–Crippen MR) is 134 cm³/mol. The monoisotopic (exact) mass is 604 g/mol. The van der Waals surface area contributed by atoms with E-state index in [4.69, 9.17) is 0 Å². The third kappa shape index (κ3) is 17.3. The predicted octanol–water partition coefficient (Wildman–Crippen LogP) is -8.68. The van der Waals surface area contributed by atoms with Gasteiger partial charge in [-0.25, -0.2) is 16.8 Å². The van der Waals surface area contributed by atoms with E-state index in [1.807, 2.05) is 38.1 Å². The Morgan fingerprint density at radius 3 is 1.21 bits per heavy atom. The van der Waals surface area contributed by atoms with Crippen molar-refractivity contribution in [2.75, 3.05) is 35.2 Å². The van der Waals surface area contributed by atoms with Crippen LogP contribution in [0.2, 0.25) is 0 Å². The van der Waals surface area contributed by atoms with Gasteiger partial charge in [-0.05, 0) is 60.4 Å². The van der Waals surface area contributed by atoms with Crippen molar-refractivity contribution in [3.63, 3.8) is 0 Å². The molecule has 0 radical (unpaired) electrons. The van der Waals surface area contributed by atoms with Crippen LogP contribution in [0.15, 0.2) is 36.4 Å². The first-order valence-corrected chi connectivity index (χ1v) is 12.8. The van der Waals surface area contributed by atoms with Gasteiger partial charge in [-0.1, -0.05) is 12.1 Å². The standard InChI is InChI=1S/C20H28N2O8S2.2Na.4H2O/c1-13-7-15(3-5-19(13)21-9-17(23)11-31(25,26)27)16-4-6-20(14(2)8-16)22-10-18(24)12-32(28,29)30;;;;;;/h3-8,17-18,21-24H,9-12H2,1-2H3,(H,25,26,27)(H,28,29,30);;;4*1H2/q;2*+1;;;;/p-2. The molecule has 12 N–H and O–H groups in total. The number of hydrogen-bond donors (Lipinski definition) is 4. The van der Waals surface area contributed by atoms with E-state index in [-0.39, 0.29) is 94.1 Å². The molecule has 210 valence electrons. The minimum atomic E-state index is -4.51. The largest absolute Gasteiger partial charge is 1.00 e. The zero-order valence-electron chi connectivity index (χ0n) is 21.6. The van der Waals surface area contributed by atoms with Crippen molar-refractivity contribution in [2.45, 2.75) is 26.1 Å². The smallest absolute Gasteiger partial charge is 0.748 e. The van der Waals surface area contributed by atoms with Crippen LogP contribution in [0.4, 0.5) is 11.4 Å². The summed E-state index contributed by atoms with van der Waals surface area (Å²) < 4.78 is 64.2. The number of rotatable bonds is 11. The second-order valence-electron chi connectivity index (χ2n) is 7.58. The Kier molecular flexibility index (Phi) is 25.6. The summed E-state index contributed by atoms with van der Waals surface area (Å²) in [6.07, 6.45) is -2.63. The van der Waals surface area contributed by atoms with Gasteiger partial charge >= 0.3 is 59.1 Å². The van der Waals surface area contributed by atoms with Gasteiger partial charge in [0.25, 0.3) is 0 Å². The quantitative estimate of drug-likeness (QED) is 0.139. The molecular formula is C20H34N2Na2O12S2. The van der Waals surface area contributed by atoms with E-state index in [2.05, 4.69) is 10.6 Å². The molecule has 38 heavy (non-hydrogen) atoms. The van der Waals surface area contributed by atoms with Crippen molar-refractivity contribution in [2.24, 2.45) is 0 Å². The van der Waals surface area contributed by atoms with Crippen LogP contribution in [0.3, 0.4) is 0 Å². The Balaban J connectivity index is -0.000000605. The maximum Gasteiger partial charge on any atom is 1.00 e. The van der Waals surface area contributed by atoms with E-state index in [9.17, 15) is 36.2 Å². The van der Waals surface area contributed by atoms with Crippen molar-refractivity contribution in [3.05, 3.63) is 47.5 Å². The van der Waals surface area contributed by atoms with Gasteiger partial charge in [0.2, 0.25) is 0 Å². The first-order chi connectivity index (χ1) is 14.7. The maximum absolute atomic E-state index is 10.7. The molecule has 2 unspecified atom stereocenters. The molecule has 2 atom stereocenters. The summed E-state index contributed by atoms with van der Waals surface area (Å²) in [5, 5.41) is 25.2. The summed E-state index contributed by atoms with van der Waals surface area (Å²) in [5.41, 5.74) is 4.88. The fourth-order valence-corrected chi connectivity index (χ4v) is 4.31. The third-order valence-electron chi connectivity index (χ3n) is 4.64. The van der Waals surface area contributed by atoms with E-state index in [1.54, 1.807) is 12.1 Å². The van der Waals surface area contributed by atoms with Crippen molar-refractivity contribution in [1.29, 1.82) is 0 Å². The van der Waals surface area contributed by atoms with Crippen LogP contribution < -0.4 is 69.7 Å². The molecule has 0 aliphatic rings. The van der Waals surface area contributed by atoms with Crippen molar-refractivity contribution in [3.8, 4) is 11.1 Å². The normalized spacial score (nSPS) is 11.8. The molecule has 14 nitrogen and oxygen atoms in total. The molecule has 0 bridgehead atoms. The number of aliphatic hydroxyl groups excluding tert-OH is 2. The van der Waals surface area contributed by atoms with E-state index < -0.39 is 43.9 Å². The third-order valence-corrected chi connectivity index (χ3v) is 6.22. The molecule has 2 aromatic carbocycles. The van der Waals surface area contributed by atoms with Gasteiger partial charge in [0.05, 0.1) is 43.9 Å². The van der Waals surface area contributed by atoms with Crippen LogP contribution in [0.1, 0.15) is 11.1 Å². The molecule has 0 aliphatic heterocycles. The van der Waals surface area contributed by atoms with Crippen LogP contribution in [-0.4, -0.2) is 94.9 Å². The SMILES string of the molecule is Cc1cc(-c2ccc(NCC(O)CS(=O)(=O)[O-])c(C)c2)ccc1NCC(O)CS(=O)(=O)[O-].O.O.O.O.[Na+].[Na+]. The fourth-order valence-electron chi connectivity index (χ4n) is 3.13. The van der Waals surface area contributed by atoms with Gasteiger partial charge in [0, 0.05) is 24.5 Å². The molecule has 0 fully saturated rings. The van der Waals surface area contributed by atoms with Gasteiger partial charge in [0.15, 0.2) is 0 Å². The molecule has 0 spiro atoms. The number of hydrogen-bond acceptors (Lipinski definition) is 10. The molecule has 0 saturated heterocycles. The maximum atomic E-state index is 10.7. The van der Waals surface area contributed by atoms with Gasteiger partial charge in [-0.15, -0.1) is 0 Å². The first-order valence-electron chi connectivity index (χ1n) is 9.66. The molecule has 0 amide bonds. The second kappa shape index (κ2) is 20.5. The molecule has 2 aromatic rings. The molecule has 2 rings (SSSR count). The van der Waals surface area contributed by atoms with Gasteiger partial charge in [-0.2, -0.15) is 0 Å². The summed E-state index contributed by atoms with van der Waals surface area (Å²) >= 11 is 0. The van der Waals surface area contributed by atoms with Crippen LogP contribution in [0.25, 0.3) is 11.1 Å². The number of aryl methyl sites for hydroxylation is 2. The molecule has 0 heterocycles. The van der Waals surface area contributed by atoms with Crippen LogP contribution in [0.5, 0.6) is 0 Å². The zero-order valence-corrected chi connectivity index (χ0v) is 27.2. The number of benzene rings is 2. The number of aliphatic hydroxyl groups is 2. The topological polar surface area (TPSA) is 305 Å². The summed E-state index contributed by atoms with van der Waals surface area (Å²) in [6, 6.07) is 11.1. The zero-order chi connectivity index (χ0) is 24.1. The number of anilines is 2. The van der Waals surface area contributed by atoms with Gasteiger partial charge in [-0.3, -0.25) is 0 Å². The average Bonchev–Trinajstić information content (AvgIpc) is 2.63. The Hall–Kier alpha value is -0.380. The Bertz CT molecular complexity index is 1080. The molecule has 0 saturated carbocycles.